The van der Waals surface area contributed by atoms with Crippen LogP contribution in [0.15, 0.2) is 77.9 Å². The number of hydrogen-bond acceptors (Lipinski definition) is 3. The normalized spacial score (nSPS) is 11.3. The van der Waals surface area contributed by atoms with Crippen molar-refractivity contribution in [1.29, 1.82) is 0 Å². The molecular formula is C22H16F3N5O2. The van der Waals surface area contributed by atoms with Crippen molar-refractivity contribution in [2.45, 2.75) is 6.18 Å². The van der Waals surface area contributed by atoms with Crippen molar-refractivity contribution < 1.29 is 18.0 Å². The number of aromatic amines is 1. The first-order valence-corrected chi connectivity index (χ1v) is 9.34. The standard InChI is InChI=1S/C22H16F3N5O2/c23-22(24,25)18-16(15-8-6-14(7-9-15)13-4-2-1-3-5-13)10-11-17(28-20(26)31)19(18)30-12-27-21(32)29-30/h1-12H,(H,29,32)(H3,26,28,31). The molecule has 3 aromatic carbocycles. The predicted molar refractivity (Wildman–Crippen MR) is 113 cm³/mol. The average Bonchev–Trinajstić information content (AvgIpc) is 3.19. The number of benzene rings is 3. The van der Waals surface area contributed by atoms with Crippen LogP contribution >= 0.6 is 0 Å². The van der Waals surface area contributed by atoms with Crippen LogP contribution in [0, 0.1) is 0 Å². The smallest absolute Gasteiger partial charge is 0.351 e. The fourth-order valence-electron chi connectivity index (χ4n) is 3.46. The molecule has 0 aliphatic rings. The van der Waals surface area contributed by atoms with Gasteiger partial charge in [0.15, 0.2) is 0 Å². The third-order valence-corrected chi connectivity index (χ3v) is 4.77. The summed E-state index contributed by atoms with van der Waals surface area (Å²) in [6.07, 6.45) is -3.93. The van der Waals surface area contributed by atoms with Crippen LogP contribution in [-0.2, 0) is 6.18 Å². The Hall–Kier alpha value is -4.34. The number of primary amides is 1. The lowest BCUT2D eigenvalue weighted by Crippen LogP contribution is -2.23. The van der Waals surface area contributed by atoms with Crippen LogP contribution in [0.2, 0.25) is 0 Å². The molecule has 1 heterocycles. The maximum Gasteiger partial charge on any atom is 0.419 e. The summed E-state index contributed by atoms with van der Waals surface area (Å²) in [5.41, 5.74) is 4.40. The number of carbonyl (C=O) groups is 1. The first-order chi connectivity index (χ1) is 15.2. The molecule has 4 N–H and O–H groups in total. The lowest BCUT2D eigenvalue weighted by Gasteiger charge is -2.21. The van der Waals surface area contributed by atoms with Crippen molar-refractivity contribution in [3.05, 3.63) is 89.1 Å². The molecule has 0 bridgehead atoms. The van der Waals surface area contributed by atoms with E-state index in [1.807, 2.05) is 30.3 Å². The fourth-order valence-corrected chi connectivity index (χ4v) is 3.46. The van der Waals surface area contributed by atoms with Crippen molar-refractivity contribution in [3.63, 3.8) is 0 Å². The number of nitrogens with two attached hydrogens (primary N) is 1. The third-order valence-electron chi connectivity index (χ3n) is 4.77. The molecule has 0 fully saturated rings. The predicted octanol–water partition coefficient (Wildman–Crippen LogP) is 4.40. The van der Waals surface area contributed by atoms with E-state index in [1.54, 1.807) is 24.3 Å². The Bertz CT molecular complexity index is 1330. The SMILES string of the molecule is NC(=O)Nc1ccc(-c2ccc(-c3ccccc3)cc2)c(C(F)(F)F)c1-n1cnc(=O)[nH]1. The van der Waals surface area contributed by atoms with E-state index in [1.165, 1.54) is 12.1 Å². The zero-order valence-corrected chi connectivity index (χ0v) is 16.4. The summed E-state index contributed by atoms with van der Waals surface area (Å²) < 4.78 is 43.6. The van der Waals surface area contributed by atoms with Crippen LogP contribution in [-0.4, -0.2) is 20.8 Å². The van der Waals surface area contributed by atoms with Gasteiger partial charge in [0.2, 0.25) is 0 Å². The van der Waals surface area contributed by atoms with Gasteiger partial charge in [-0.3, -0.25) is 0 Å². The molecule has 0 aliphatic heterocycles. The summed E-state index contributed by atoms with van der Waals surface area (Å²) in [5.74, 6) is 0. The van der Waals surface area contributed by atoms with E-state index in [0.29, 0.717) is 5.56 Å². The summed E-state index contributed by atoms with van der Waals surface area (Å²) in [7, 11) is 0. The number of amides is 2. The number of nitrogens with one attached hydrogen (secondary N) is 2. The summed E-state index contributed by atoms with van der Waals surface area (Å²) >= 11 is 0. The summed E-state index contributed by atoms with van der Waals surface area (Å²) in [4.78, 5) is 26.3. The molecule has 7 nitrogen and oxygen atoms in total. The number of hydrogen-bond donors (Lipinski definition) is 3. The van der Waals surface area contributed by atoms with E-state index in [9.17, 15) is 22.8 Å². The number of aromatic nitrogens is 3. The van der Waals surface area contributed by atoms with E-state index >= 15 is 0 Å². The minimum Gasteiger partial charge on any atom is -0.351 e. The molecule has 162 valence electrons. The topological polar surface area (TPSA) is 106 Å². The van der Waals surface area contributed by atoms with Crippen molar-refractivity contribution in [1.82, 2.24) is 14.8 Å². The van der Waals surface area contributed by atoms with E-state index in [-0.39, 0.29) is 11.3 Å². The van der Waals surface area contributed by atoms with Gasteiger partial charge in [0.25, 0.3) is 0 Å². The molecule has 1 aromatic heterocycles. The van der Waals surface area contributed by atoms with E-state index in [0.717, 1.165) is 22.1 Å². The molecule has 0 aliphatic carbocycles. The molecule has 4 rings (SSSR count). The number of alkyl halides is 3. The lowest BCUT2D eigenvalue weighted by atomic mass is 9.94. The Labute approximate surface area is 179 Å². The number of halogens is 3. The van der Waals surface area contributed by atoms with Gasteiger partial charge >= 0.3 is 17.9 Å². The molecule has 4 aromatic rings. The molecule has 0 saturated heterocycles. The van der Waals surface area contributed by atoms with Gasteiger partial charge in [0, 0.05) is 0 Å². The second kappa shape index (κ2) is 8.06. The quantitative estimate of drug-likeness (QED) is 0.439. The van der Waals surface area contributed by atoms with E-state index in [4.69, 9.17) is 5.73 Å². The lowest BCUT2D eigenvalue weighted by molar-refractivity contribution is -0.137. The van der Waals surface area contributed by atoms with E-state index in [2.05, 4.69) is 15.4 Å². The molecule has 32 heavy (non-hydrogen) atoms. The highest BCUT2D eigenvalue weighted by atomic mass is 19.4. The largest absolute Gasteiger partial charge is 0.419 e. The Morgan fingerprint density at radius 2 is 1.56 bits per heavy atom. The van der Waals surface area contributed by atoms with Gasteiger partial charge in [-0.1, -0.05) is 60.7 Å². The second-order valence-corrected chi connectivity index (χ2v) is 6.85. The summed E-state index contributed by atoms with van der Waals surface area (Å²) in [6, 6.07) is 17.5. The highest BCUT2D eigenvalue weighted by Gasteiger charge is 2.39. The average molecular weight is 439 g/mol. The maximum atomic E-state index is 14.3. The van der Waals surface area contributed by atoms with Crippen molar-refractivity contribution in [2.75, 3.05) is 5.32 Å². The number of nitrogens with zero attached hydrogens (tertiary/aromatic N) is 2. The Balaban J connectivity index is 1.93. The first-order valence-electron chi connectivity index (χ1n) is 9.34. The molecule has 0 spiro atoms. The molecule has 0 atom stereocenters. The second-order valence-electron chi connectivity index (χ2n) is 6.85. The number of urea groups is 1. The fraction of sp³-hybridized carbons (Fsp3) is 0.0455. The number of carbonyl (C=O) groups excluding carboxylic acids is 1. The van der Waals surface area contributed by atoms with Crippen LogP contribution in [0.5, 0.6) is 0 Å². The van der Waals surface area contributed by atoms with Crippen molar-refractivity contribution >= 4 is 11.7 Å². The molecule has 10 heteroatoms. The van der Waals surface area contributed by atoms with Crippen LogP contribution in [0.4, 0.5) is 23.7 Å². The Kier molecular flexibility index (Phi) is 5.27. The van der Waals surface area contributed by atoms with Crippen molar-refractivity contribution in [3.8, 4) is 27.9 Å². The highest BCUT2D eigenvalue weighted by Crippen LogP contribution is 2.43. The molecule has 0 saturated carbocycles. The van der Waals surface area contributed by atoms with Gasteiger partial charge in [-0.15, -0.1) is 0 Å². The Morgan fingerprint density at radius 1 is 0.938 bits per heavy atom. The molecular weight excluding hydrogens is 423 g/mol. The molecule has 2 amide bonds. The molecule has 0 radical (unpaired) electrons. The van der Waals surface area contributed by atoms with Crippen LogP contribution < -0.4 is 16.7 Å². The summed E-state index contributed by atoms with van der Waals surface area (Å²) in [6.45, 7) is 0. The minimum atomic E-state index is -4.83. The van der Waals surface area contributed by atoms with Crippen LogP contribution in [0.25, 0.3) is 27.9 Å². The van der Waals surface area contributed by atoms with Gasteiger partial charge in [-0.05, 0) is 28.3 Å². The van der Waals surface area contributed by atoms with E-state index < -0.39 is 29.1 Å². The summed E-state index contributed by atoms with van der Waals surface area (Å²) in [5, 5.41) is 4.36. The maximum absolute atomic E-state index is 14.3. The Morgan fingerprint density at radius 3 is 2.12 bits per heavy atom. The van der Waals surface area contributed by atoms with Gasteiger partial charge in [0.05, 0.1) is 11.3 Å². The van der Waals surface area contributed by atoms with Gasteiger partial charge in [-0.25, -0.2) is 19.4 Å². The third kappa shape index (κ3) is 4.10. The highest BCUT2D eigenvalue weighted by molar-refractivity contribution is 5.92. The number of rotatable bonds is 4. The monoisotopic (exact) mass is 439 g/mol. The number of anilines is 1. The first kappa shape index (κ1) is 20.9. The van der Waals surface area contributed by atoms with Gasteiger partial charge in [0.1, 0.15) is 12.0 Å². The van der Waals surface area contributed by atoms with Gasteiger partial charge in [-0.2, -0.15) is 18.2 Å². The van der Waals surface area contributed by atoms with Gasteiger partial charge < -0.3 is 11.1 Å². The van der Waals surface area contributed by atoms with Crippen LogP contribution in [0.1, 0.15) is 5.56 Å². The number of H-pyrrole nitrogens is 1. The van der Waals surface area contributed by atoms with Crippen LogP contribution in [0.3, 0.4) is 0 Å². The molecule has 0 unspecified atom stereocenters. The zero-order chi connectivity index (χ0) is 22.9. The van der Waals surface area contributed by atoms with Crippen molar-refractivity contribution in [2.24, 2.45) is 5.73 Å². The zero-order valence-electron chi connectivity index (χ0n) is 16.4. The minimum absolute atomic E-state index is 0.142.